The van der Waals surface area contributed by atoms with Crippen LogP contribution >= 0.6 is 11.3 Å². The minimum atomic E-state index is -0.458. The van der Waals surface area contributed by atoms with E-state index in [1.165, 1.54) is 0 Å². The highest BCUT2D eigenvalue weighted by atomic mass is 32.1. The lowest BCUT2D eigenvalue weighted by Gasteiger charge is -2.03. The molecule has 114 valence electrons. The summed E-state index contributed by atoms with van der Waals surface area (Å²) in [5, 5.41) is 5.86. The Bertz CT molecular complexity index is 806. The van der Waals surface area contributed by atoms with E-state index in [9.17, 15) is 4.79 Å². The Balaban J connectivity index is 1.70. The van der Waals surface area contributed by atoms with Gasteiger partial charge in [-0.1, -0.05) is 53.7 Å². The maximum absolute atomic E-state index is 12.0. The van der Waals surface area contributed by atoms with Gasteiger partial charge in [-0.05, 0) is 41.6 Å². The number of rotatable bonds is 4. The van der Waals surface area contributed by atoms with Crippen molar-refractivity contribution < 1.29 is 9.63 Å². The lowest BCUT2D eigenvalue weighted by atomic mass is 10.0. The predicted molar refractivity (Wildman–Crippen MR) is 93.8 cm³/mol. The van der Waals surface area contributed by atoms with Crippen LogP contribution in [0.15, 0.2) is 77.3 Å². The minimum absolute atomic E-state index is 0.458. The zero-order chi connectivity index (χ0) is 16.1. The van der Waals surface area contributed by atoms with Gasteiger partial charge in [0.15, 0.2) is 0 Å². The molecule has 0 amide bonds. The molecule has 1 heterocycles. The topological polar surface area (TPSA) is 38.7 Å². The average Bonchev–Trinajstić information content (AvgIpc) is 3.15. The van der Waals surface area contributed by atoms with E-state index in [1.54, 1.807) is 23.5 Å². The lowest BCUT2D eigenvalue weighted by molar-refractivity contribution is 0.0516. The molecule has 0 spiro atoms. The second kappa shape index (κ2) is 7.03. The van der Waals surface area contributed by atoms with Gasteiger partial charge in [0.05, 0.1) is 16.2 Å². The zero-order valence-corrected chi connectivity index (χ0v) is 13.4. The SMILES string of the molecule is C/C(=N\OC(=O)c1ccc(-c2ccccc2)cc1)c1cccs1. The molecule has 0 radical (unpaired) electrons. The van der Waals surface area contributed by atoms with Crippen molar-refractivity contribution in [3.8, 4) is 11.1 Å². The average molecular weight is 321 g/mol. The molecule has 3 rings (SSSR count). The third-order valence-electron chi connectivity index (χ3n) is 3.37. The fourth-order valence-corrected chi connectivity index (χ4v) is 2.79. The number of benzene rings is 2. The molecule has 0 fully saturated rings. The van der Waals surface area contributed by atoms with Crippen LogP contribution in [0.1, 0.15) is 22.2 Å². The van der Waals surface area contributed by atoms with E-state index in [4.69, 9.17) is 4.84 Å². The number of thiophene rings is 1. The third-order valence-corrected chi connectivity index (χ3v) is 4.35. The van der Waals surface area contributed by atoms with Crippen molar-refractivity contribution in [2.45, 2.75) is 6.92 Å². The molecular weight excluding hydrogens is 306 g/mol. The molecule has 3 aromatic rings. The molecule has 0 aliphatic carbocycles. The molecule has 0 unspecified atom stereocenters. The smallest absolute Gasteiger partial charge is 0.313 e. The lowest BCUT2D eigenvalue weighted by Crippen LogP contribution is -2.03. The Morgan fingerprint density at radius 2 is 1.61 bits per heavy atom. The first kappa shape index (κ1) is 15.2. The van der Waals surface area contributed by atoms with Gasteiger partial charge in [0.25, 0.3) is 0 Å². The van der Waals surface area contributed by atoms with Crippen molar-refractivity contribution in [2.24, 2.45) is 5.16 Å². The van der Waals surface area contributed by atoms with Gasteiger partial charge < -0.3 is 4.84 Å². The standard InChI is InChI=1S/C19H15NO2S/c1-14(18-8-5-13-23-18)20-22-19(21)17-11-9-16(10-12-17)15-6-3-2-4-7-15/h2-13H,1H3/b20-14+. The van der Waals surface area contributed by atoms with Crippen LogP contribution in [0.3, 0.4) is 0 Å². The summed E-state index contributed by atoms with van der Waals surface area (Å²) in [7, 11) is 0. The second-order valence-electron chi connectivity index (χ2n) is 4.98. The van der Waals surface area contributed by atoms with E-state index < -0.39 is 5.97 Å². The van der Waals surface area contributed by atoms with E-state index in [-0.39, 0.29) is 0 Å². The highest BCUT2D eigenvalue weighted by Gasteiger charge is 2.08. The summed E-state index contributed by atoms with van der Waals surface area (Å²) in [5.74, 6) is -0.458. The molecule has 0 bridgehead atoms. The third kappa shape index (κ3) is 3.73. The molecule has 0 saturated heterocycles. The van der Waals surface area contributed by atoms with E-state index in [1.807, 2.05) is 66.9 Å². The molecule has 0 atom stereocenters. The monoisotopic (exact) mass is 321 g/mol. The van der Waals surface area contributed by atoms with Crippen LogP contribution in [0, 0.1) is 0 Å². The van der Waals surface area contributed by atoms with Gasteiger partial charge in [0.2, 0.25) is 0 Å². The summed E-state index contributed by atoms with van der Waals surface area (Å²) in [6.07, 6.45) is 0. The second-order valence-corrected chi connectivity index (χ2v) is 5.92. The fourth-order valence-electron chi connectivity index (χ4n) is 2.12. The maximum Gasteiger partial charge on any atom is 0.365 e. The summed E-state index contributed by atoms with van der Waals surface area (Å²) in [6.45, 7) is 1.82. The molecule has 1 aromatic heterocycles. The van der Waals surface area contributed by atoms with E-state index >= 15 is 0 Å². The fraction of sp³-hybridized carbons (Fsp3) is 0.0526. The molecule has 0 saturated carbocycles. The Labute approximate surface area is 138 Å². The Morgan fingerprint density at radius 3 is 2.26 bits per heavy atom. The van der Waals surface area contributed by atoms with Crippen LogP contribution in [0.2, 0.25) is 0 Å². The summed E-state index contributed by atoms with van der Waals surface area (Å²) in [5.41, 5.74) is 3.33. The van der Waals surface area contributed by atoms with Crippen molar-refractivity contribution in [3.05, 3.63) is 82.6 Å². The summed E-state index contributed by atoms with van der Waals surface area (Å²) in [6, 6.07) is 21.2. The molecule has 2 aromatic carbocycles. The van der Waals surface area contributed by atoms with Gasteiger partial charge in [-0.25, -0.2) is 4.79 Å². The number of hydrogen-bond donors (Lipinski definition) is 0. The number of nitrogens with zero attached hydrogens (tertiary/aromatic N) is 1. The van der Waals surface area contributed by atoms with Crippen LogP contribution in [-0.4, -0.2) is 11.7 Å². The highest BCUT2D eigenvalue weighted by Crippen LogP contribution is 2.19. The summed E-state index contributed by atoms with van der Waals surface area (Å²) >= 11 is 1.56. The van der Waals surface area contributed by atoms with Crippen LogP contribution in [0.5, 0.6) is 0 Å². The number of carbonyl (C=O) groups is 1. The van der Waals surface area contributed by atoms with Crippen LogP contribution in [0.4, 0.5) is 0 Å². The van der Waals surface area contributed by atoms with Gasteiger partial charge in [-0.2, -0.15) is 0 Å². The Morgan fingerprint density at radius 1 is 0.913 bits per heavy atom. The van der Waals surface area contributed by atoms with E-state index in [0.29, 0.717) is 11.3 Å². The Kier molecular flexibility index (Phi) is 4.64. The van der Waals surface area contributed by atoms with Gasteiger partial charge in [-0.3, -0.25) is 0 Å². The molecule has 0 aliphatic heterocycles. The van der Waals surface area contributed by atoms with E-state index in [2.05, 4.69) is 5.16 Å². The van der Waals surface area contributed by atoms with Gasteiger partial charge >= 0.3 is 5.97 Å². The van der Waals surface area contributed by atoms with Crippen molar-refractivity contribution >= 4 is 23.0 Å². The largest absolute Gasteiger partial charge is 0.365 e. The first-order valence-corrected chi connectivity index (χ1v) is 8.07. The van der Waals surface area contributed by atoms with Crippen LogP contribution < -0.4 is 0 Å². The zero-order valence-electron chi connectivity index (χ0n) is 12.6. The molecule has 23 heavy (non-hydrogen) atoms. The van der Waals surface area contributed by atoms with Gasteiger partial charge in [-0.15, -0.1) is 11.3 Å². The maximum atomic E-state index is 12.0. The molecular formula is C19H15NO2S. The Hall–Kier alpha value is -2.72. The number of hydrogen-bond acceptors (Lipinski definition) is 4. The predicted octanol–water partition coefficient (Wildman–Crippen LogP) is 5.00. The van der Waals surface area contributed by atoms with Crippen molar-refractivity contribution in [1.82, 2.24) is 0 Å². The molecule has 3 nitrogen and oxygen atoms in total. The first-order chi connectivity index (χ1) is 11.2. The van der Waals surface area contributed by atoms with Gasteiger partial charge in [0, 0.05) is 0 Å². The summed E-state index contributed by atoms with van der Waals surface area (Å²) < 4.78 is 0. The first-order valence-electron chi connectivity index (χ1n) is 7.19. The van der Waals surface area contributed by atoms with Crippen molar-refractivity contribution in [2.75, 3.05) is 0 Å². The van der Waals surface area contributed by atoms with E-state index in [0.717, 1.165) is 16.0 Å². The normalized spacial score (nSPS) is 11.3. The minimum Gasteiger partial charge on any atom is -0.313 e. The highest BCUT2D eigenvalue weighted by molar-refractivity contribution is 7.12. The number of oxime groups is 1. The van der Waals surface area contributed by atoms with Crippen molar-refractivity contribution in [3.63, 3.8) is 0 Å². The molecule has 4 heteroatoms. The quantitative estimate of drug-likeness (QED) is 0.385. The summed E-state index contributed by atoms with van der Waals surface area (Å²) in [4.78, 5) is 18.0. The van der Waals surface area contributed by atoms with Crippen molar-refractivity contribution in [1.29, 1.82) is 0 Å². The molecule has 0 aliphatic rings. The molecule has 0 N–H and O–H groups in total. The van der Waals surface area contributed by atoms with Crippen LogP contribution in [-0.2, 0) is 4.84 Å². The van der Waals surface area contributed by atoms with Gasteiger partial charge in [0.1, 0.15) is 0 Å². The number of carbonyl (C=O) groups excluding carboxylic acids is 1. The van der Waals surface area contributed by atoms with Crippen LogP contribution in [0.25, 0.3) is 11.1 Å².